The van der Waals surface area contributed by atoms with E-state index in [1.807, 2.05) is 6.92 Å². The largest absolute Gasteiger partial charge is 0.372 e. The number of ketones is 1. The maximum absolute atomic E-state index is 11.0. The number of carbonyl (C=O) groups is 2. The van der Waals surface area contributed by atoms with Crippen molar-refractivity contribution >= 4 is 11.7 Å². The average Bonchev–Trinajstić information content (AvgIpc) is 2.04. The molecule has 0 aliphatic carbocycles. The van der Waals surface area contributed by atoms with Crippen molar-refractivity contribution < 1.29 is 14.3 Å². The van der Waals surface area contributed by atoms with Crippen LogP contribution in [0.25, 0.3) is 0 Å². The van der Waals surface area contributed by atoms with E-state index in [-0.39, 0.29) is 18.3 Å². The number of Topliss-reactive ketones (excluding diaryl/α,β-unsaturated/α-hetero) is 1. The lowest BCUT2D eigenvalue weighted by Gasteiger charge is -2.10. The highest BCUT2D eigenvalue weighted by molar-refractivity contribution is 5.87. The van der Waals surface area contributed by atoms with Crippen LogP contribution in [0.1, 0.15) is 27.2 Å². The Hall–Kier alpha value is -0.900. The van der Waals surface area contributed by atoms with Crippen LogP contribution in [0, 0.1) is 0 Å². The third-order valence-electron chi connectivity index (χ3n) is 1.57. The first-order valence-electron chi connectivity index (χ1n) is 4.45. The van der Waals surface area contributed by atoms with Crippen LogP contribution in [0.5, 0.6) is 0 Å². The summed E-state index contributed by atoms with van der Waals surface area (Å²) in [6.45, 7) is 5.67. The summed E-state index contributed by atoms with van der Waals surface area (Å²) in [6.07, 6.45) is 0.884. The summed E-state index contributed by atoms with van der Waals surface area (Å²) >= 11 is 0. The molecule has 0 saturated heterocycles. The van der Waals surface area contributed by atoms with E-state index in [2.05, 4.69) is 5.32 Å². The van der Waals surface area contributed by atoms with Crippen LogP contribution in [-0.2, 0) is 14.3 Å². The van der Waals surface area contributed by atoms with Crippen molar-refractivity contribution in [3.63, 3.8) is 0 Å². The smallest absolute Gasteiger partial charge is 0.246 e. The Bertz CT molecular complexity index is 180. The molecule has 0 spiro atoms. The van der Waals surface area contributed by atoms with Crippen molar-refractivity contribution in [3.05, 3.63) is 0 Å². The number of rotatable bonds is 6. The third kappa shape index (κ3) is 6.28. The Balaban J connectivity index is 3.56. The minimum atomic E-state index is -0.419. The minimum absolute atomic E-state index is 0.0332. The van der Waals surface area contributed by atoms with Gasteiger partial charge in [-0.05, 0) is 20.3 Å². The molecule has 0 aromatic rings. The Morgan fingerprint density at radius 2 is 2.08 bits per heavy atom. The van der Waals surface area contributed by atoms with Gasteiger partial charge in [-0.25, -0.2) is 0 Å². The zero-order chi connectivity index (χ0) is 10.3. The summed E-state index contributed by atoms with van der Waals surface area (Å²) < 4.78 is 5.00. The molecule has 0 aromatic carbocycles. The molecule has 0 radical (unpaired) electrons. The summed E-state index contributed by atoms with van der Waals surface area (Å²) in [5.41, 5.74) is 0. The number of amides is 1. The van der Waals surface area contributed by atoms with E-state index in [9.17, 15) is 9.59 Å². The molecule has 76 valence electrons. The molecule has 1 unspecified atom stereocenters. The summed E-state index contributed by atoms with van der Waals surface area (Å²) in [4.78, 5) is 21.8. The van der Waals surface area contributed by atoms with Gasteiger partial charge >= 0.3 is 0 Å². The van der Waals surface area contributed by atoms with Gasteiger partial charge in [0.2, 0.25) is 5.91 Å². The molecule has 1 amide bonds. The zero-order valence-electron chi connectivity index (χ0n) is 8.42. The van der Waals surface area contributed by atoms with Crippen molar-refractivity contribution in [1.29, 1.82) is 0 Å². The molecule has 0 aliphatic rings. The first-order valence-corrected chi connectivity index (χ1v) is 4.45. The van der Waals surface area contributed by atoms with Crippen LogP contribution in [0.15, 0.2) is 0 Å². The number of nitrogens with one attached hydrogen (secondary N) is 1. The molecule has 0 saturated carbocycles. The molecule has 4 nitrogen and oxygen atoms in total. The van der Waals surface area contributed by atoms with Gasteiger partial charge in [0, 0.05) is 6.61 Å². The molecule has 13 heavy (non-hydrogen) atoms. The lowest BCUT2D eigenvalue weighted by molar-refractivity contribution is -0.129. The number of hydrogen-bond acceptors (Lipinski definition) is 3. The van der Waals surface area contributed by atoms with Crippen LogP contribution in [0.2, 0.25) is 0 Å². The molecule has 0 aliphatic heterocycles. The number of carbonyl (C=O) groups excluding carboxylic acids is 2. The van der Waals surface area contributed by atoms with Crippen molar-refractivity contribution in [2.24, 2.45) is 0 Å². The van der Waals surface area contributed by atoms with Gasteiger partial charge in [-0.3, -0.25) is 9.59 Å². The summed E-state index contributed by atoms with van der Waals surface area (Å²) in [7, 11) is 0. The molecule has 1 atom stereocenters. The topological polar surface area (TPSA) is 55.4 Å². The molecule has 0 aromatic heterocycles. The second-order valence-corrected chi connectivity index (χ2v) is 2.95. The molecule has 0 bridgehead atoms. The van der Waals surface area contributed by atoms with Crippen LogP contribution in [-0.4, -0.2) is 30.9 Å². The lowest BCUT2D eigenvalue weighted by atomic mass is 10.2. The van der Waals surface area contributed by atoms with E-state index in [4.69, 9.17) is 4.74 Å². The first kappa shape index (κ1) is 12.1. The summed E-state index contributed by atoms with van der Waals surface area (Å²) in [6, 6.07) is -0.419. The normalized spacial score (nSPS) is 12.2. The van der Waals surface area contributed by atoms with Gasteiger partial charge in [0.1, 0.15) is 6.61 Å². The van der Waals surface area contributed by atoms with Gasteiger partial charge in [-0.2, -0.15) is 0 Å². The van der Waals surface area contributed by atoms with Crippen molar-refractivity contribution in [2.75, 3.05) is 13.2 Å². The quantitative estimate of drug-likeness (QED) is 0.616. The first-order chi connectivity index (χ1) is 6.07. The minimum Gasteiger partial charge on any atom is -0.372 e. The maximum atomic E-state index is 11.0. The van der Waals surface area contributed by atoms with Crippen molar-refractivity contribution in [1.82, 2.24) is 5.32 Å². The van der Waals surface area contributed by atoms with E-state index in [1.54, 1.807) is 6.92 Å². The van der Waals surface area contributed by atoms with Crippen LogP contribution in [0.4, 0.5) is 0 Å². The van der Waals surface area contributed by atoms with E-state index in [0.29, 0.717) is 6.61 Å². The molecule has 4 heteroatoms. The van der Waals surface area contributed by atoms with Gasteiger partial charge in [0.25, 0.3) is 0 Å². The van der Waals surface area contributed by atoms with Gasteiger partial charge in [0.05, 0.1) is 6.04 Å². The highest BCUT2D eigenvalue weighted by Crippen LogP contribution is 1.85. The van der Waals surface area contributed by atoms with E-state index in [0.717, 1.165) is 6.42 Å². The highest BCUT2D eigenvalue weighted by Gasteiger charge is 2.10. The Kier molecular flexibility index (Phi) is 6.14. The average molecular weight is 187 g/mol. The molecule has 0 rings (SSSR count). The fourth-order valence-electron chi connectivity index (χ4n) is 0.694. The molecular formula is C9H17NO3. The molecule has 0 heterocycles. The third-order valence-corrected chi connectivity index (χ3v) is 1.57. The lowest BCUT2D eigenvalue weighted by Crippen LogP contribution is -2.39. The Morgan fingerprint density at radius 1 is 1.46 bits per heavy atom. The number of ether oxygens (including phenoxy) is 1. The summed E-state index contributed by atoms with van der Waals surface area (Å²) in [5.74, 6) is -0.292. The van der Waals surface area contributed by atoms with Crippen LogP contribution >= 0.6 is 0 Å². The summed E-state index contributed by atoms with van der Waals surface area (Å²) in [5, 5.41) is 2.52. The second-order valence-electron chi connectivity index (χ2n) is 2.95. The van der Waals surface area contributed by atoms with Gasteiger partial charge in [0.15, 0.2) is 5.78 Å². The van der Waals surface area contributed by atoms with Gasteiger partial charge < -0.3 is 10.1 Å². The van der Waals surface area contributed by atoms with Crippen LogP contribution in [0.3, 0.4) is 0 Å². The van der Waals surface area contributed by atoms with E-state index < -0.39 is 6.04 Å². The van der Waals surface area contributed by atoms with Crippen molar-refractivity contribution in [2.45, 2.75) is 33.2 Å². The standard InChI is InChI=1S/C9H17NO3/c1-4-5-13-6-9(12)10-7(2)8(3)11/h7H,4-6H2,1-3H3,(H,10,12). The predicted molar refractivity (Wildman–Crippen MR) is 49.4 cm³/mol. The van der Waals surface area contributed by atoms with Crippen molar-refractivity contribution in [3.8, 4) is 0 Å². The van der Waals surface area contributed by atoms with E-state index in [1.165, 1.54) is 6.92 Å². The van der Waals surface area contributed by atoms with Crippen LogP contribution < -0.4 is 5.32 Å². The van der Waals surface area contributed by atoms with Gasteiger partial charge in [-0.15, -0.1) is 0 Å². The zero-order valence-corrected chi connectivity index (χ0v) is 8.42. The molecular weight excluding hydrogens is 170 g/mol. The predicted octanol–water partition coefficient (Wildman–Crippen LogP) is 0.507. The maximum Gasteiger partial charge on any atom is 0.246 e. The second kappa shape index (κ2) is 6.60. The fourth-order valence-corrected chi connectivity index (χ4v) is 0.694. The highest BCUT2D eigenvalue weighted by atomic mass is 16.5. The number of hydrogen-bond donors (Lipinski definition) is 1. The molecule has 0 fully saturated rings. The van der Waals surface area contributed by atoms with E-state index >= 15 is 0 Å². The van der Waals surface area contributed by atoms with Gasteiger partial charge in [-0.1, -0.05) is 6.92 Å². The Morgan fingerprint density at radius 3 is 2.54 bits per heavy atom. The Labute approximate surface area is 78.6 Å². The monoisotopic (exact) mass is 187 g/mol. The fraction of sp³-hybridized carbons (Fsp3) is 0.778. The molecule has 1 N–H and O–H groups in total. The SMILES string of the molecule is CCCOCC(=O)NC(C)C(C)=O.